The molecule has 0 spiro atoms. The minimum Gasteiger partial charge on any atom is -0.479 e. The summed E-state index contributed by atoms with van der Waals surface area (Å²) in [4.78, 5) is 106. The number of carboxylic acids is 1. The van der Waals surface area contributed by atoms with E-state index in [0.29, 0.717) is 24.7 Å². The molecule has 0 saturated carbocycles. The van der Waals surface area contributed by atoms with Gasteiger partial charge in [-0.15, -0.1) is 0 Å². The number of rotatable bonds is 20. The maximum atomic E-state index is 12.8. The lowest BCUT2D eigenvalue weighted by Crippen LogP contribution is -2.67. The van der Waals surface area contributed by atoms with E-state index in [4.69, 9.17) is 29.8 Å². The Kier molecular flexibility index (Phi) is 35.4. The van der Waals surface area contributed by atoms with E-state index in [1.54, 1.807) is 61.0 Å². The van der Waals surface area contributed by atoms with Gasteiger partial charge in [0.25, 0.3) is 11.8 Å². The molecule has 3 rings (SSSR count). The van der Waals surface area contributed by atoms with Gasteiger partial charge < -0.3 is 86.7 Å². The highest BCUT2D eigenvalue weighted by Gasteiger charge is 2.53. The average Bonchev–Trinajstić information content (AvgIpc) is 3.40. The third kappa shape index (κ3) is 24.7. The van der Waals surface area contributed by atoms with Crippen molar-refractivity contribution in [2.24, 2.45) is 41.2 Å². The number of nitrogens with zero attached hydrogens (tertiary/aromatic N) is 3. The number of hydrogen-bond acceptors (Lipinski definition) is 18. The molecule has 0 aromatic heterocycles. The molecular weight excluding hydrogens is 1070 g/mol. The van der Waals surface area contributed by atoms with Gasteiger partial charge in [-0.05, 0) is 83.2 Å². The lowest BCUT2D eigenvalue weighted by molar-refractivity contribution is -0.216. The SMILES string of the molecule is C=O.CC(=O)NC1C(O)CC(C)(C(=O)NCN(C)C)OC1C(O)C(O)CO.CC[C@@H](C)[C@@H](C)C1OC(C)(C(=O)NCC(=O)N(C)C)CC(C)C1NC(C)=O.CC[C@@H](C)[C@@H](C)C1OC(C)(C(=O)O)CC(C)C1NC(C)=O.CN(C)C(=O)CN. The first-order valence-corrected chi connectivity index (χ1v) is 28.1. The minimum atomic E-state index is -1.61. The number of amides is 7. The summed E-state index contributed by atoms with van der Waals surface area (Å²) in [6.45, 7) is 27.4. The van der Waals surface area contributed by atoms with Crippen LogP contribution in [0.2, 0.25) is 0 Å². The zero-order chi connectivity index (χ0) is 64.5. The molecule has 478 valence electrons. The quantitative estimate of drug-likeness (QED) is 0.0691. The first-order valence-electron chi connectivity index (χ1n) is 28.1. The molecule has 26 nitrogen and oxygen atoms in total. The fourth-order valence-electron chi connectivity index (χ4n) is 9.87. The van der Waals surface area contributed by atoms with E-state index in [1.165, 1.54) is 37.5 Å². The van der Waals surface area contributed by atoms with Gasteiger partial charge in [-0.1, -0.05) is 68.2 Å². The summed E-state index contributed by atoms with van der Waals surface area (Å²) in [5.41, 5.74) is 1.29. The van der Waals surface area contributed by atoms with Gasteiger partial charge in [-0.25, -0.2) is 4.79 Å². The molecule has 26 heteroatoms. The fourth-order valence-corrected chi connectivity index (χ4v) is 9.87. The molecule has 3 aliphatic heterocycles. The standard InChI is InChI=1S/C20H37N3O4.C16H29NO4.C15H29N3O7.C4H10N2O.CH2O/c1-9-12(2)14(4)18-17(22-15(5)24)13(3)10-20(6,27-18)19(26)21-11-16(25)23(7)8;1-7-9(2)11(4)14-13(17-12(5)18)10(3)8-16(6,21-14)15(19)20;1-8(20)17-11-9(21)5-15(2,14(24)16-7-18(3)4)25-13(11)12(23)10(22)6-19;1-6(2)4(7)3-5;1-2/h12-14,17-18H,9-11H2,1-8H3,(H,21,26)(H,22,24);9-11,13-14H,7-8H2,1-6H3,(H,17,18)(H,19,20);9-13,19,21-23H,5-7H2,1-4H3,(H,16,24)(H,17,20);3,5H2,1-2H3;1H2/t12-,13?,14-,17?,18?,20?;9-,10?,11-,13?,14?,16?;;;/m11.../s1. The molecule has 0 aliphatic carbocycles. The van der Waals surface area contributed by atoms with E-state index in [9.17, 15) is 58.8 Å². The molecule has 0 bridgehead atoms. The number of aliphatic carboxylic acids is 1. The number of carbonyl (C=O) groups excluding carboxylic acids is 8. The molecule has 0 aromatic carbocycles. The number of ether oxygens (including phenoxy) is 3. The maximum Gasteiger partial charge on any atom is 0.335 e. The zero-order valence-corrected chi connectivity index (χ0v) is 52.8. The molecule has 0 radical (unpaired) electrons. The highest BCUT2D eigenvalue weighted by molar-refractivity contribution is 5.89. The van der Waals surface area contributed by atoms with Crippen LogP contribution in [0.3, 0.4) is 0 Å². The van der Waals surface area contributed by atoms with Crippen molar-refractivity contribution in [2.75, 3.05) is 68.7 Å². The molecule has 3 fully saturated rings. The molecule has 0 aromatic rings. The maximum absolute atomic E-state index is 12.8. The minimum absolute atomic E-state index is 0.0417. The predicted octanol–water partition coefficient (Wildman–Crippen LogP) is -0.400. The Hall–Kier alpha value is -4.93. The van der Waals surface area contributed by atoms with Crippen LogP contribution < -0.4 is 32.3 Å². The van der Waals surface area contributed by atoms with Crippen molar-refractivity contribution in [1.82, 2.24) is 41.3 Å². The number of nitrogens with two attached hydrogens (primary N) is 1. The van der Waals surface area contributed by atoms with E-state index < -0.39 is 71.7 Å². The van der Waals surface area contributed by atoms with Crippen molar-refractivity contribution < 1.29 is 82.9 Å². The molecule has 3 saturated heterocycles. The van der Waals surface area contributed by atoms with E-state index in [2.05, 4.69) is 68.1 Å². The van der Waals surface area contributed by atoms with Gasteiger partial charge >= 0.3 is 5.97 Å². The first-order chi connectivity index (χ1) is 37.7. The number of aliphatic hydroxyl groups is 4. The lowest BCUT2D eigenvalue weighted by atomic mass is 9.75. The van der Waals surface area contributed by atoms with E-state index in [0.717, 1.165) is 12.8 Å². The summed E-state index contributed by atoms with van der Waals surface area (Å²) >= 11 is 0. The predicted molar refractivity (Wildman–Crippen MR) is 308 cm³/mol. The van der Waals surface area contributed by atoms with Gasteiger partial charge in [0.15, 0.2) is 5.60 Å². The Balaban J connectivity index is 0. The topological polar surface area (TPSA) is 378 Å². The molecular formula is C56H107N9O17. The molecule has 12 N–H and O–H groups in total. The van der Waals surface area contributed by atoms with Crippen LogP contribution in [0, 0.1) is 35.5 Å². The number of aliphatic hydroxyl groups excluding tert-OH is 4. The van der Waals surface area contributed by atoms with Crippen molar-refractivity contribution in [2.45, 2.75) is 201 Å². The molecule has 82 heavy (non-hydrogen) atoms. The second-order valence-electron chi connectivity index (χ2n) is 23.5. The van der Waals surface area contributed by atoms with Crippen LogP contribution in [0.1, 0.15) is 129 Å². The van der Waals surface area contributed by atoms with E-state index in [-0.39, 0.29) is 104 Å². The van der Waals surface area contributed by atoms with Gasteiger partial charge in [0.05, 0.1) is 62.8 Å². The van der Waals surface area contributed by atoms with Gasteiger partial charge in [0.1, 0.15) is 36.3 Å². The highest BCUT2D eigenvalue weighted by Crippen LogP contribution is 2.40. The normalized spacial score (nSPS) is 29.7. The zero-order valence-electron chi connectivity index (χ0n) is 52.8. The number of likely N-dealkylation sites (N-methyl/N-ethyl adjacent to an activating group) is 2. The molecule has 3 aliphatic rings. The van der Waals surface area contributed by atoms with Crippen molar-refractivity contribution in [3.63, 3.8) is 0 Å². The summed E-state index contributed by atoms with van der Waals surface area (Å²) in [6, 6.07) is -1.32. The van der Waals surface area contributed by atoms with Crippen LogP contribution in [0.5, 0.6) is 0 Å². The van der Waals surface area contributed by atoms with Crippen LogP contribution in [0.4, 0.5) is 0 Å². The lowest BCUT2D eigenvalue weighted by Gasteiger charge is -2.48. The van der Waals surface area contributed by atoms with Crippen molar-refractivity contribution in [1.29, 1.82) is 0 Å². The summed E-state index contributed by atoms with van der Waals surface area (Å²) in [5.74, 6) is -1.34. The molecule has 7 amide bonds. The first kappa shape index (κ1) is 79.1. The highest BCUT2D eigenvalue weighted by atomic mass is 16.5. The Morgan fingerprint density at radius 1 is 0.622 bits per heavy atom. The largest absolute Gasteiger partial charge is 0.479 e. The van der Waals surface area contributed by atoms with Crippen LogP contribution in [0.15, 0.2) is 0 Å². The summed E-state index contributed by atoms with van der Waals surface area (Å²) in [6.07, 6.45) is -3.46. The van der Waals surface area contributed by atoms with Crippen LogP contribution in [-0.4, -0.2) is 235 Å². The monoisotopic (exact) mass is 1180 g/mol. The van der Waals surface area contributed by atoms with Crippen LogP contribution >= 0.6 is 0 Å². The van der Waals surface area contributed by atoms with E-state index >= 15 is 0 Å². The Morgan fingerprint density at radius 2 is 0.988 bits per heavy atom. The number of nitrogens with one attached hydrogen (secondary N) is 5. The van der Waals surface area contributed by atoms with Crippen molar-refractivity contribution >= 4 is 54.1 Å². The van der Waals surface area contributed by atoms with Crippen molar-refractivity contribution in [3.8, 4) is 0 Å². The number of carbonyl (C=O) groups is 9. The fraction of sp³-hybridized carbons (Fsp3) is 0.839. The van der Waals surface area contributed by atoms with Crippen molar-refractivity contribution in [3.05, 3.63) is 0 Å². The molecule has 3 heterocycles. The van der Waals surface area contributed by atoms with Crippen LogP contribution in [0.25, 0.3) is 0 Å². The van der Waals surface area contributed by atoms with Gasteiger partial charge in [-0.2, -0.15) is 0 Å². The Morgan fingerprint density at radius 3 is 1.33 bits per heavy atom. The molecule has 14 unspecified atom stereocenters. The van der Waals surface area contributed by atoms with Crippen LogP contribution in [-0.2, 0) is 57.4 Å². The van der Waals surface area contributed by atoms with Gasteiger partial charge in [0.2, 0.25) is 29.5 Å². The molecule has 18 atom stereocenters. The smallest absolute Gasteiger partial charge is 0.335 e. The Bertz CT molecular complexity index is 2020. The third-order valence-electron chi connectivity index (χ3n) is 15.6. The Labute approximate surface area is 487 Å². The van der Waals surface area contributed by atoms with Gasteiger partial charge in [-0.3, -0.25) is 38.5 Å². The average molecular weight is 1180 g/mol. The number of hydrogen-bond donors (Lipinski definition) is 11. The van der Waals surface area contributed by atoms with Gasteiger partial charge in [0, 0.05) is 55.4 Å². The summed E-state index contributed by atoms with van der Waals surface area (Å²) < 4.78 is 18.0. The second-order valence-corrected chi connectivity index (χ2v) is 23.5. The summed E-state index contributed by atoms with van der Waals surface area (Å²) in [5, 5.41) is 62.7. The number of carboxylic acid groups (broad SMARTS) is 1. The van der Waals surface area contributed by atoms with E-state index in [1.807, 2.05) is 20.6 Å². The summed E-state index contributed by atoms with van der Waals surface area (Å²) in [7, 11) is 10.2. The third-order valence-corrected chi connectivity index (χ3v) is 15.6. The second kappa shape index (κ2) is 36.7.